The molecule has 5 heteroatoms. The van der Waals surface area contributed by atoms with Crippen LogP contribution in [0.15, 0.2) is 18.2 Å². The van der Waals surface area contributed by atoms with Crippen LogP contribution in [0.2, 0.25) is 0 Å². The van der Waals surface area contributed by atoms with Gasteiger partial charge in [0.2, 0.25) is 0 Å². The highest BCUT2D eigenvalue weighted by molar-refractivity contribution is 5.99. The van der Waals surface area contributed by atoms with Crippen molar-refractivity contribution in [2.75, 3.05) is 24.2 Å². The third-order valence-corrected chi connectivity index (χ3v) is 3.91. The van der Waals surface area contributed by atoms with E-state index in [-0.39, 0.29) is 6.61 Å². The van der Waals surface area contributed by atoms with Crippen molar-refractivity contribution in [2.45, 2.75) is 19.3 Å². The van der Waals surface area contributed by atoms with Crippen LogP contribution >= 0.6 is 0 Å². The summed E-state index contributed by atoms with van der Waals surface area (Å²) in [7, 11) is 0. The van der Waals surface area contributed by atoms with Gasteiger partial charge in [0.15, 0.2) is 0 Å². The molecule has 0 radical (unpaired) electrons. The first kappa shape index (κ1) is 13.7. The van der Waals surface area contributed by atoms with Gasteiger partial charge in [-0.15, -0.1) is 0 Å². The van der Waals surface area contributed by atoms with E-state index >= 15 is 0 Å². The zero-order valence-electron chi connectivity index (χ0n) is 10.9. The van der Waals surface area contributed by atoms with Crippen LogP contribution in [0.1, 0.15) is 29.6 Å². The second-order valence-electron chi connectivity index (χ2n) is 5.18. The van der Waals surface area contributed by atoms with Crippen molar-refractivity contribution in [3.8, 4) is 0 Å². The van der Waals surface area contributed by atoms with Gasteiger partial charge in [0.1, 0.15) is 0 Å². The number of carbonyl (C=O) groups excluding carboxylic acids is 1. The summed E-state index contributed by atoms with van der Waals surface area (Å²) in [6.45, 7) is 0.959. The predicted molar refractivity (Wildman–Crippen MR) is 75.8 cm³/mol. The number of carbonyl (C=O) groups is 1. The number of primary amides is 1. The van der Waals surface area contributed by atoms with Gasteiger partial charge < -0.3 is 21.9 Å². The van der Waals surface area contributed by atoms with Crippen molar-refractivity contribution >= 4 is 17.3 Å². The quantitative estimate of drug-likeness (QED) is 0.599. The van der Waals surface area contributed by atoms with Gasteiger partial charge in [-0.3, -0.25) is 4.79 Å². The highest BCUT2D eigenvalue weighted by Crippen LogP contribution is 2.31. The molecule has 0 heterocycles. The topological polar surface area (TPSA) is 101 Å². The summed E-state index contributed by atoms with van der Waals surface area (Å²) in [5.74, 6) is 0.324. The summed E-state index contributed by atoms with van der Waals surface area (Å²) in [4.78, 5) is 11.4. The van der Waals surface area contributed by atoms with Crippen LogP contribution in [0.3, 0.4) is 0 Å². The van der Waals surface area contributed by atoms with E-state index in [9.17, 15) is 9.90 Å². The number of hydrogen-bond donors (Lipinski definition) is 4. The second-order valence-corrected chi connectivity index (χ2v) is 5.18. The van der Waals surface area contributed by atoms with Crippen LogP contribution < -0.4 is 16.8 Å². The number of rotatable bonds is 5. The molecule has 2 unspecified atom stereocenters. The lowest BCUT2D eigenvalue weighted by atomic mass is 9.96. The first-order chi connectivity index (χ1) is 9.11. The summed E-state index contributed by atoms with van der Waals surface area (Å²) >= 11 is 0. The maximum atomic E-state index is 11.4. The Labute approximate surface area is 113 Å². The molecule has 0 bridgehead atoms. The Kier molecular flexibility index (Phi) is 4.27. The summed E-state index contributed by atoms with van der Waals surface area (Å²) in [5.41, 5.74) is 12.8. The molecule has 1 aliphatic rings. The monoisotopic (exact) mass is 263 g/mol. The predicted octanol–water partition coefficient (Wildman–Crippen LogP) is 1.19. The summed E-state index contributed by atoms with van der Waals surface area (Å²) in [6.07, 6.45) is 3.33. The molecule has 1 aromatic carbocycles. The van der Waals surface area contributed by atoms with Crippen LogP contribution in [0.4, 0.5) is 11.4 Å². The van der Waals surface area contributed by atoms with E-state index in [4.69, 9.17) is 11.5 Å². The largest absolute Gasteiger partial charge is 0.399 e. The zero-order valence-corrected chi connectivity index (χ0v) is 10.9. The average Bonchev–Trinajstić information content (AvgIpc) is 2.83. The molecule has 1 fully saturated rings. The Bertz CT molecular complexity index is 462. The molecule has 5 nitrogen and oxygen atoms in total. The number of benzene rings is 1. The third-order valence-electron chi connectivity index (χ3n) is 3.91. The lowest BCUT2D eigenvalue weighted by molar-refractivity contribution is 0.100. The van der Waals surface area contributed by atoms with Gasteiger partial charge in [-0.25, -0.2) is 0 Å². The molecule has 104 valence electrons. The minimum atomic E-state index is -0.465. The maximum Gasteiger partial charge on any atom is 0.250 e. The normalized spacial score (nSPS) is 22.4. The van der Waals surface area contributed by atoms with Gasteiger partial charge in [-0.2, -0.15) is 0 Å². The van der Waals surface area contributed by atoms with Gasteiger partial charge in [-0.1, -0.05) is 6.42 Å². The summed E-state index contributed by atoms with van der Waals surface area (Å²) in [6, 6.07) is 5.03. The van der Waals surface area contributed by atoms with E-state index in [1.807, 2.05) is 0 Å². The smallest absolute Gasteiger partial charge is 0.250 e. The molecule has 0 spiro atoms. The van der Waals surface area contributed by atoms with Crippen LogP contribution in [-0.2, 0) is 0 Å². The molecular formula is C14H21N3O2. The summed E-state index contributed by atoms with van der Waals surface area (Å²) < 4.78 is 0. The molecule has 1 aromatic rings. The molecule has 0 saturated heterocycles. The number of aliphatic hydroxyl groups excluding tert-OH is 1. The Hall–Kier alpha value is -1.75. The fourth-order valence-corrected chi connectivity index (χ4v) is 2.79. The van der Waals surface area contributed by atoms with Crippen molar-refractivity contribution in [1.29, 1.82) is 0 Å². The summed E-state index contributed by atoms with van der Waals surface area (Å²) in [5, 5.41) is 12.5. The van der Waals surface area contributed by atoms with E-state index in [1.54, 1.807) is 18.2 Å². The molecule has 1 amide bonds. The highest BCUT2D eigenvalue weighted by Gasteiger charge is 2.26. The van der Waals surface area contributed by atoms with Gasteiger partial charge in [0.05, 0.1) is 5.56 Å². The van der Waals surface area contributed by atoms with Gasteiger partial charge in [0.25, 0.3) is 5.91 Å². The Morgan fingerprint density at radius 2 is 2.11 bits per heavy atom. The molecule has 0 aliphatic heterocycles. The third kappa shape index (κ3) is 3.17. The van der Waals surface area contributed by atoms with E-state index < -0.39 is 5.91 Å². The zero-order chi connectivity index (χ0) is 13.8. The first-order valence-corrected chi connectivity index (χ1v) is 6.66. The average molecular weight is 263 g/mol. The van der Waals surface area contributed by atoms with Crippen molar-refractivity contribution in [2.24, 2.45) is 17.6 Å². The molecule has 2 atom stereocenters. The van der Waals surface area contributed by atoms with Crippen LogP contribution in [0, 0.1) is 11.8 Å². The molecule has 19 heavy (non-hydrogen) atoms. The lowest BCUT2D eigenvalue weighted by Gasteiger charge is -2.19. The molecule has 1 saturated carbocycles. The fraction of sp³-hybridized carbons (Fsp3) is 0.500. The fourth-order valence-electron chi connectivity index (χ4n) is 2.79. The van der Waals surface area contributed by atoms with Crippen LogP contribution in [0.25, 0.3) is 0 Å². The van der Waals surface area contributed by atoms with E-state index in [0.717, 1.165) is 25.8 Å². The number of amides is 1. The second kappa shape index (κ2) is 5.93. The molecular weight excluding hydrogens is 242 g/mol. The molecule has 6 N–H and O–H groups in total. The minimum Gasteiger partial charge on any atom is -0.399 e. The van der Waals surface area contributed by atoms with Gasteiger partial charge >= 0.3 is 0 Å². The van der Waals surface area contributed by atoms with Crippen molar-refractivity contribution in [1.82, 2.24) is 0 Å². The van der Waals surface area contributed by atoms with Gasteiger partial charge in [0, 0.05) is 24.5 Å². The number of anilines is 2. The van der Waals surface area contributed by atoms with Crippen molar-refractivity contribution in [3.05, 3.63) is 23.8 Å². The van der Waals surface area contributed by atoms with E-state index in [1.165, 1.54) is 0 Å². The van der Waals surface area contributed by atoms with Crippen molar-refractivity contribution < 1.29 is 9.90 Å². The molecule has 1 aliphatic carbocycles. The number of nitrogen functional groups attached to an aromatic ring is 1. The van der Waals surface area contributed by atoms with E-state index in [0.29, 0.717) is 28.8 Å². The Balaban J connectivity index is 2.06. The van der Waals surface area contributed by atoms with Crippen LogP contribution in [0.5, 0.6) is 0 Å². The SMILES string of the molecule is NC(=O)c1ccc(N)cc1NCC1CCCC1CO. The maximum absolute atomic E-state index is 11.4. The standard InChI is InChI=1S/C14H21N3O2/c15-11-4-5-12(14(16)19)13(6-11)17-7-9-2-1-3-10(9)8-18/h4-6,9-10,17-18H,1-3,7-8,15H2,(H2,16,19). The number of aliphatic hydroxyl groups is 1. The Morgan fingerprint density at radius 3 is 2.79 bits per heavy atom. The van der Waals surface area contributed by atoms with Gasteiger partial charge in [-0.05, 0) is 42.9 Å². The van der Waals surface area contributed by atoms with Crippen molar-refractivity contribution in [3.63, 3.8) is 0 Å². The van der Waals surface area contributed by atoms with E-state index in [2.05, 4.69) is 5.32 Å². The lowest BCUT2D eigenvalue weighted by Crippen LogP contribution is -2.22. The number of nitrogens with one attached hydrogen (secondary N) is 1. The number of nitrogens with two attached hydrogens (primary N) is 2. The Morgan fingerprint density at radius 1 is 1.37 bits per heavy atom. The molecule has 0 aromatic heterocycles. The minimum absolute atomic E-state index is 0.228. The van der Waals surface area contributed by atoms with Crippen LogP contribution in [-0.4, -0.2) is 24.2 Å². The first-order valence-electron chi connectivity index (χ1n) is 6.66. The number of hydrogen-bond acceptors (Lipinski definition) is 4. The molecule has 2 rings (SSSR count). The highest BCUT2D eigenvalue weighted by atomic mass is 16.3.